The summed E-state index contributed by atoms with van der Waals surface area (Å²) in [6.07, 6.45) is 5.24. The highest BCUT2D eigenvalue weighted by Crippen LogP contribution is 2.21. The van der Waals surface area contributed by atoms with Crippen LogP contribution in [0.1, 0.15) is 31.2 Å². The molecule has 17 heavy (non-hydrogen) atoms. The Bertz CT molecular complexity index is 372. The molecule has 2 N–H and O–H groups in total. The summed E-state index contributed by atoms with van der Waals surface area (Å²) in [5, 5.41) is 0. The van der Waals surface area contributed by atoms with Crippen molar-refractivity contribution in [2.24, 2.45) is 5.73 Å². The summed E-state index contributed by atoms with van der Waals surface area (Å²) >= 11 is 4.88. The van der Waals surface area contributed by atoms with Crippen LogP contribution in [0.25, 0.3) is 0 Å². The van der Waals surface area contributed by atoms with Crippen molar-refractivity contribution in [2.75, 3.05) is 6.79 Å². The van der Waals surface area contributed by atoms with Gasteiger partial charge in [-0.1, -0.05) is 25.1 Å². The third-order valence-electron chi connectivity index (χ3n) is 2.97. The molecule has 1 aliphatic carbocycles. The van der Waals surface area contributed by atoms with Crippen LogP contribution >= 0.6 is 12.2 Å². The Balaban J connectivity index is 1.76. The first-order valence-electron chi connectivity index (χ1n) is 5.90. The third-order valence-corrected chi connectivity index (χ3v) is 3.21. The second-order valence-corrected chi connectivity index (χ2v) is 4.66. The number of benzene rings is 1. The quantitative estimate of drug-likeness (QED) is 0.645. The van der Waals surface area contributed by atoms with Crippen molar-refractivity contribution in [2.45, 2.75) is 31.8 Å². The summed E-state index contributed by atoms with van der Waals surface area (Å²) < 4.78 is 11.1. The maximum atomic E-state index is 5.61. The first-order chi connectivity index (χ1) is 8.25. The van der Waals surface area contributed by atoms with Crippen molar-refractivity contribution in [3.8, 4) is 5.75 Å². The maximum absolute atomic E-state index is 5.61. The molecular formula is C13H17NO2S. The summed E-state index contributed by atoms with van der Waals surface area (Å²) in [5.74, 6) is 0.781. The molecule has 1 fully saturated rings. The highest BCUT2D eigenvalue weighted by Gasteiger charge is 2.15. The van der Waals surface area contributed by atoms with Gasteiger partial charge in [-0.2, -0.15) is 0 Å². The van der Waals surface area contributed by atoms with Crippen LogP contribution in [0, 0.1) is 0 Å². The van der Waals surface area contributed by atoms with Gasteiger partial charge in [0.1, 0.15) is 10.7 Å². The molecule has 0 aliphatic heterocycles. The average molecular weight is 251 g/mol. The molecule has 92 valence electrons. The summed E-state index contributed by atoms with van der Waals surface area (Å²) in [5.41, 5.74) is 6.36. The first kappa shape index (κ1) is 12.3. The van der Waals surface area contributed by atoms with Gasteiger partial charge in [-0.3, -0.25) is 0 Å². The lowest BCUT2D eigenvalue weighted by Crippen LogP contribution is -2.12. The van der Waals surface area contributed by atoms with Gasteiger partial charge in [-0.25, -0.2) is 0 Å². The van der Waals surface area contributed by atoms with Crippen molar-refractivity contribution >= 4 is 17.2 Å². The Kier molecular flexibility index (Phi) is 4.34. The lowest BCUT2D eigenvalue weighted by atomic mass is 10.2. The summed E-state index contributed by atoms with van der Waals surface area (Å²) in [4.78, 5) is 0.402. The molecule has 1 aromatic carbocycles. The Morgan fingerprint density at radius 1 is 1.24 bits per heavy atom. The zero-order chi connectivity index (χ0) is 12.1. The molecule has 1 aromatic rings. The highest BCUT2D eigenvalue weighted by molar-refractivity contribution is 7.80. The van der Waals surface area contributed by atoms with Crippen LogP contribution in [0.2, 0.25) is 0 Å². The van der Waals surface area contributed by atoms with Gasteiger partial charge < -0.3 is 15.2 Å². The Labute approximate surface area is 107 Å². The van der Waals surface area contributed by atoms with E-state index in [1.54, 1.807) is 0 Å². The molecule has 0 heterocycles. The van der Waals surface area contributed by atoms with E-state index in [9.17, 15) is 0 Å². The van der Waals surface area contributed by atoms with Crippen molar-refractivity contribution in [1.82, 2.24) is 0 Å². The van der Waals surface area contributed by atoms with Crippen LogP contribution in [0.5, 0.6) is 5.75 Å². The van der Waals surface area contributed by atoms with E-state index in [1.807, 2.05) is 24.3 Å². The van der Waals surface area contributed by atoms with Gasteiger partial charge in [0.25, 0.3) is 0 Å². The molecule has 0 spiro atoms. The largest absolute Gasteiger partial charge is 0.468 e. The van der Waals surface area contributed by atoms with Gasteiger partial charge in [-0.05, 0) is 37.1 Å². The maximum Gasteiger partial charge on any atom is 0.189 e. The van der Waals surface area contributed by atoms with Gasteiger partial charge >= 0.3 is 0 Å². The van der Waals surface area contributed by atoms with E-state index in [-0.39, 0.29) is 0 Å². The topological polar surface area (TPSA) is 44.5 Å². The van der Waals surface area contributed by atoms with Crippen LogP contribution in [-0.4, -0.2) is 17.9 Å². The van der Waals surface area contributed by atoms with E-state index in [4.69, 9.17) is 27.4 Å². The van der Waals surface area contributed by atoms with E-state index < -0.39 is 0 Å². The van der Waals surface area contributed by atoms with Crippen LogP contribution in [-0.2, 0) is 4.74 Å². The minimum atomic E-state index is 0.317. The molecule has 4 heteroatoms. The standard InChI is InChI=1S/C13H17NO2S/c14-13(17)10-5-7-12(8-6-10)16-9-15-11-3-1-2-4-11/h5-8,11H,1-4,9H2,(H2,14,17). The normalized spacial score (nSPS) is 16.0. The van der Waals surface area contributed by atoms with E-state index in [1.165, 1.54) is 12.8 Å². The second kappa shape index (κ2) is 5.98. The Hall–Kier alpha value is -1.13. The molecule has 0 aromatic heterocycles. The molecule has 3 nitrogen and oxygen atoms in total. The Morgan fingerprint density at radius 2 is 1.88 bits per heavy atom. The minimum Gasteiger partial charge on any atom is -0.468 e. The molecule has 0 radical (unpaired) electrons. The third kappa shape index (κ3) is 3.68. The van der Waals surface area contributed by atoms with E-state index >= 15 is 0 Å². The predicted octanol–water partition coefficient (Wildman–Crippen LogP) is 2.62. The van der Waals surface area contributed by atoms with Gasteiger partial charge in [0.15, 0.2) is 6.79 Å². The molecule has 0 bridgehead atoms. The van der Waals surface area contributed by atoms with Crippen molar-refractivity contribution in [1.29, 1.82) is 0 Å². The minimum absolute atomic E-state index is 0.317. The van der Waals surface area contributed by atoms with Crippen LogP contribution in [0.4, 0.5) is 0 Å². The van der Waals surface area contributed by atoms with Crippen LogP contribution in [0.15, 0.2) is 24.3 Å². The number of nitrogens with two attached hydrogens (primary N) is 1. The molecule has 1 aliphatic rings. The van der Waals surface area contributed by atoms with Crippen LogP contribution < -0.4 is 10.5 Å². The summed E-state index contributed by atoms with van der Waals surface area (Å²) in [6, 6.07) is 7.42. The number of rotatable bonds is 5. The predicted molar refractivity (Wildman–Crippen MR) is 71.2 cm³/mol. The van der Waals surface area contributed by atoms with Crippen molar-refractivity contribution < 1.29 is 9.47 Å². The fourth-order valence-electron chi connectivity index (χ4n) is 1.97. The number of ether oxygens (including phenoxy) is 2. The zero-order valence-corrected chi connectivity index (χ0v) is 10.5. The smallest absolute Gasteiger partial charge is 0.189 e. The Morgan fingerprint density at radius 3 is 2.47 bits per heavy atom. The van der Waals surface area contributed by atoms with Crippen LogP contribution in [0.3, 0.4) is 0 Å². The fourth-order valence-corrected chi connectivity index (χ4v) is 2.10. The summed E-state index contributed by atoms with van der Waals surface area (Å²) in [6.45, 7) is 0.317. The lowest BCUT2D eigenvalue weighted by molar-refractivity contribution is -0.0324. The molecule has 1 saturated carbocycles. The molecule has 2 rings (SSSR count). The van der Waals surface area contributed by atoms with Crippen molar-refractivity contribution in [3.63, 3.8) is 0 Å². The van der Waals surface area contributed by atoms with E-state index in [0.717, 1.165) is 24.2 Å². The van der Waals surface area contributed by atoms with Gasteiger partial charge in [0.2, 0.25) is 0 Å². The van der Waals surface area contributed by atoms with E-state index in [0.29, 0.717) is 17.9 Å². The van der Waals surface area contributed by atoms with Gasteiger partial charge in [0, 0.05) is 5.56 Å². The average Bonchev–Trinajstić information content (AvgIpc) is 2.83. The number of hydrogen-bond donors (Lipinski definition) is 1. The zero-order valence-electron chi connectivity index (χ0n) is 9.72. The monoisotopic (exact) mass is 251 g/mol. The number of hydrogen-bond acceptors (Lipinski definition) is 3. The SMILES string of the molecule is NC(=S)c1ccc(OCOC2CCCC2)cc1. The van der Waals surface area contributed by atoms with Gasteiger partial charge in [0.05, 0.1) is 6.10 Å². The van der Waals surface area contributed by atoms with Crippen molar-refractivity contribution in [3.05, 3.63) is 29.8 Å². The molecule has 0 saturated heterocycles. The van der Waals surface area contributed by atoms with Gasteiger partial charge in [-0.15, -0.1) is 0 Å². The van der Waals surface area contributed by atoms with E-state index in [2.05, 4.69) is 0 Å². The number of thiocarbonyl (C=S) groups is 1. The summed E-state index contributed by atoms with van der Waals surface area (Å²) in [7, 11) is 0. The molecule has 0 atom stereocenters. The highest BCUT2D eigenvalue weighted by atomic mass is 32.1. The fraction of sp³-hybridized carbons (Fsp3) is 0.462. The molecule has 0 unspecified atom stereocenters. The first-order valence-corrected chi connectivity index (χ1v) is 6.31. The molecule has 0 amide bonds. The lowest BCUT2D eigenvalue weighted by Gasteiger charge is -2.12. The molecular weight excluding hydrogens is 234 g/mol. The second-order valence-electron chi connectivity index (χ2n) is 4.22.